The van der Waals surface area contributed by atoms with E-state index in [2.05, 4.69) is 45.2 Å². The normalized spacial score (nSPS) is 22.3. The van der Waals surface area contributed by atoms with Crippen molar-refractivity contribution in [2.24, 2.45) is 0 Å². The first-order valence-electron chi connectivity index (χ1n) is 10.9. The third-order valence-corrected chi connectivity index (χ3v) is 10.9. The van der Waals surface area contributed by atoms with Crippen LogP contribution in [0.5, 0.6) is 0 Å². The minimum Gasteiger partial charge on any atom is -0.442 e. The van der Waals surface area contributed by atoms with Crippen LogP contribution in [-0.4, -0.2) is 44.5 Å². The van der Waals surface area contributed by atoms with E-state index in [1.54, 1.807) is 11.1 Å². The molecule has 3 rings (SSSR count). The Hall–Kier alpha value is -1.93. The van der Waals surface area contributed by atoms with Crippen molar-refractivity contribution in [2.45, 2.75) is 83.7 Å². The lowest BCUT2D eigenvalue weighted by Gasteiger charge is -2.39. The first-order chi connectivity index (χ1) is 14.0. The third kappa shape index (κ3) is 5.03. The second-order valence-corrected chi connectivity index (χ2v) is 14.7. The maximum Gasteiger partial charge on any atom is 0.414 e. The molecule has 0 saturated carbocycles. The lowest BCUT2D eigenvalue weighted by atomic mass is 10.1. The molecule has 166 valence electrons. The molecule has 1 unspecified atom stereocenters. The number of carbonyl (C=O) groups excluding carboxylic acids is 2. The van der Waals surface area contributed by atoms with Gasteiger partial charge in [-0.2, -0.15) is 0 Å². The quantitative estimate of drug-likeness (QED) is 0.552. The summed E-state index contributed by atoms with van der Waals surface area (Å²) < 4.78 is 12.1. The van der Waals surface area contributed by atoms with Gasteiger partial charge in [0.2, 0.25) is 5.91 Å². The predicted octanol–water partition coefficient (Wildman–Crippen LogP) is 4.33. The molecular formula is C22H35N3O4Si. The number of cyclic esters (lactones) is 1. The van der Waals surface area contributed by atoms with Gasteiger partial charge in [0.25, 0.3) is 0 Å². The molecule has 0 spiro atoms. The van der Waals surface area contributed by atoms with Gasteiger partial charge in [-0.05, 0) is 49.0 Å². The topological polar surface area (TPSA) is 80.8 Å². The minimum absolute atomic E-state index is 0.00971. The first-order valence-corrected chi connectivity index (χ1v) is 13.8. The summed E-state index contributed by atoms with van der Waals surface area (Å²) in [5, 5.41) is 2.85. The monoisotopic (exact) mass is 433 g/mol. The van der Waals surface area contributed by atoms with Gasteiger partial charge in [0.05, 0.1) is 36.8 Å². The van der Waals surface area contributed by atoms with Crippen molar-refractivity contribution >= 4 is 26.0 Å². The van der Waals surface area contributed by atoms with E-state index in [1.807, 2.05) is 0 Å². The number of amides is 2. The predicted molar refractivity (Wildman–Crippen MR) is 119 cm³/mol. The fraction of sp³-hybridized carbons (Fsp3) is 0.682. The molecule has 2 aliphatic rings. The van der Waals surface area contributed by atoms with Gasteiger partial charge in [0, 0.05) is 6.92 Å². The van der Waals surface area contributed by atoms with Gasteiger partial charge < -0.3 is 14.5 Å². The fourth-order valence-corrected chi connectivity index (χ4v) is 4.97. The van der Waals surface area contributed by atoms with Crippen molar-refractivity contribution < 1.29 is 18.8 Å². The molecule has 8 heteroatoms. The lowest BCUT2D eigenvalue weighted by molar-refractivity contribution is -0.119. The van der Waals surface area contributed by atoms with Crippen LogP contribution in [0.1, 0.15) is 64.3 Å². The summed E-state index contributed by atoms with van der Waals surface area (Å²) in [6, 6.07) is 2.07. The Kier molecular flexibility index (Phi) is 6.57. The zero-order valence-corrected chi connectivity index (χ0v) is 20.1. The third-order valence-electron chi connectivity index (χ3n) is 6.46. The molecule has 2 atom stereocenters. The highest BCUT2D eigenvalue weighted by molar-refractivity contribution is 6.74. The largest absolute Gasteiger partial charge is 0.442 e. The summed E-state index contributed by atoms with van der Waals surface area (Å²) in [5.74, 6) is -0.135. The molecule has 0 aromatic carbocycles. The maximum absolute atomic E-state index is 12.4. The number of nitrogens with zero attached hydrogens (tertiary/aromatic N) is 2. The second-order valence-electron chi connectivity index (χ2n) is 9.90. The van der Waals surface area contributed by atoms with Crippen LogP contribution in [0.15, 0.2) is 12.3 Å². The number of hydrogen-bond acceptors (Lipinski definition) is 5. The maximum atomic E-state index is 12.4. The number of aryl methyl sites for hydroxylation is 1. The van der Waals surface area contributed by atoms with Gasteiger partial charge in [0.1, 0.15) is 6.10 Å². The van der Waals surface area contributed by atoms with Crippen LogP contribution in [0.2, 0.25) is 18.1 Å². The van der Waals surface area contributed by atoms with E-state index in [1.165, 1.54) is 6.92 Å². The highest BCUT2D eigenvalue weighted by atomic mass is 28.4. The van der Waals surface area contributed by atoms with E-state index in [0.717, 1.165) is 42.6 Å². The van der Waals surface area contributed by atoms with Crippen LogP contribution < -0.4 is 10.2 Å². The van der Waals surface area contributed by atoms with Crippen LogP contribution in [0.4, 0.5) is 10.5 Å². The highest BCUT2D eigenvalue weighted by Crippen LogP contribution is 2.42. The van der Waals surface area contributed by atoms with Gasteiger partial charge in [-0.15, -0.1) is 0 Å². The summed E-state index contributed by atoms with van der Waals surface area (Å²) in [6.07, 6.45) is 5.14. The molecule has 2 heterocycles. The Bertz CT molecular complexity index is 806. The van der Waals surface area contributed by atoms with Crippen molar-refractivity contribution in [3.05, 3.63) is 23.5 Å². The number of rotatable bonds is 5. The van der Waals surface area contributed by atoms with Crippen molar-refractivity contribution in [1.82, 2.24) is 10.3 Å². The molecule has 0 radical (unpaired) electrons. The van der Waals surface area contributed by atoms with E-state index < -0.39 is 14.4 Å². The second kappa shape index (κ2) is 8.67. The molecule has 1 fully saturated rings. The smallest absolute Gasteiger partial charge is 0.414 e. The zero-order valence-electron chi connectivity index (χ0n) is 19.1. The molecule has 1 aromatic rings. The van der Waals surface area contributed by atoms with E-state index in [0.29, 0.717) is 13.1 Å². The molecule has 1 aromatic heterocycles. The number of fused-ring (bicyclic) bond motifs is 1. The Morgan fingerprint density at radius 3 is 2.77 bits per heavy atom. The van der Waals surface area contributed by atoms with E-state index in [4.69, 9.17) is 14.1 Å². The first kappa shape index (κ1) is 22.7. The lowest BCUT2D eigenvalue weighted by Crippen LogP contribution is -2.42. The van der Waals surface area contributed by atoms with Crippen molar-refractivity contribution in [3.8, 4) is 0 Å². The van der Waals surface area contributed by atoms with E-state index in [-0.39, 0.29) is 23.2 Å². The average Bonchev–Trinajstić information content (AvgIpc) is 2.90. The number of anilines is 1. The number of hydrogen-bond donors (Lipinski definition) is 1. The molecular weight excluding hydrogens is 398 g/mol. The van der Waals surface area contributed by atoms with Crippen LogP contribution in [-0.2, 0) is 20.4 Å². The van der Waals surface area contributed by atoms with E-state index >= 15 is 0 Å². The van der Waals surface area contributed by atoms with E-state index in [9.17, 15) is 9.59 Å². The van der Waals surface area contributed by atoms with Gasteiger partial charge in [-0.25, -0.2) is 4.79 Å². The molecule has 1 N–H and O–H groups in total. The Morgan fingerprint density at radius 2 is 2.10 bits per heavy atom. The Morgan fingerprint density at radius 1 is 1.37 bits per heavy atom. The van der Waals surface area contributed by atoms with Crippen LogP contribution >= 0.6 is 0 Å². The summed E-state index contributed by atoms with van der Waals surface area (Å²) in [7, 11) is -1.92. The molecule has 30 heavy (non-hydrogen) atoms. The Balaban J connectivity index is 1.80. The summed E-state index contributed by atoms with van der Waals surface area (Å²) in [5.41, 5.74) is 2.92. The number of aromatic nitrogens is 1. The molecule has 1 aliphatic carbocycles. The van der Waals surface area contributed by atoms with Gasteiger partial charge >= 0.3 is 6.09 Å². The van der Waals surface area contributed by atoms with Gasteiger partial charge in [-0.3, -0.25) is 14.7 Å². The molecule has 7 nitrogen and oxygen atoms in total. The molecule has 0 bridgehead atoms. The average molecular weight is 434 g/mol. The molecule has 1 saturated heterocycles. The van der Waals surface area contributed by atoms with Crippen LogP contribution in [0.3, 0.4) is 0 Å². The SMILES string of the molecule is CC(=O)NC[C@H]1CN(c2cnc3c(c2)CCCCC3O[Si](C)(C)C(C)(C)C)C(=O)O1. The fourth-order valence-electron chi connectivity index (χ4n) is 3.67. The number of pyridine rings is 1. The van der Waals surface area contributed by atoms with Crippen LogP contribution in [0.25, 0.3) is 0 Å². The molecule has 2 amide bonds. The summed E-state index contributed by atoms with van der Waals surface area (Å²) >= 11 is 0. The van der Waals surface area contributed by atoms with Crippen molar-refractivity contribution in [1.29, 1.82) is 0 Å². The van der Waals surface area contributed by atoms with Gasteiger partial charge in [0.15, 0.2) is 8.32 Å². The number of nitrogens with one attached hydrogen (secondary N) is 1. The minimum atomic E-state index is -1.92. The van der Waals surface area contributed by atoms with Crippen LogP contribution in [0, 0.1) is 0 Å². The standard InChI is InChI=1S/C22H35N3O4Si/c1-15(26)23-13-18-14-25(21(27)28-18)17-11-16-9-7-8-10-19(20(16)24-12-17)29-30(5,6)22(2,3)4/h11-12,18-19H,7-10,13-14H2,1-6H3,(H,23,26)/t18-,19?/m0/s1. The number of carbonyl (C=O) groups is 2. The van der Waals surface area contributed by atoms with Crippen molar-refractivity contribution in [3.63, 3.8) is 0 Å². The zero-order chi connectivity index (χ0) is 22.1. The molecule has 1 aliphatic heterocycles. The Labute approximate surface area is 180 Å². The summed E-state index contributed by atoms with van der Waals surface area (Å²) in [4.78, 5) is 29.9. The van der Waals surface area contributed by atoms with Crippen molar-refractivity contribution in [2.75, 3.05) is 18.0 Å². The highest BCUT2D eigenvalue weighted by Gasteiger charge is 2.40. The number of ether oxygens (including phenoxy) is 1. The summed E-state index contributed by atoms with van der Waals surface area (Å²) in [6.45, 7) is 13.5. The van der Waals surface area contributed by atoms with Gasteiger partial charge in [-0.1, -0.05) is 27.2 Å².